The number of fused-ring (bicyclic) bond motifs is 1. The molecule has 0 aliphatic heterocycles. The second-order valence-corrected chi connectivity index (χ2v) is 8.43. The smallest absolute Gasteiger partial charge is 0.261 e. The van der Waals surface area contributed by atoms with Gasteiger partial charge in [0.15, 0.2) is 10.9 Å². The average Bonchev–Trinajstić information content (AvgIpc) is 3.31. The second-order valence-electron chi connectivity index (χ2n) is 6.63. The van der Waals surface area contributed by atoms with Gasteiger partial charge in [0, 0.05) is 16.3 Å². The SMILES string of the molecule is COc1ccc(Cl)cc1C(=O)NC(=S)Nc1cc(-c2nn3c(C)nnc3s2)ccc1C. The van der Waals surface area contributed by atoms with Gasteiger partial charge in [-0.05, 0) is 55.9 Å². The van der Waals surface area contributed by atoms with Crippen LogP contribution in [0.4, 0.5) is 5.69 Å². The van der Waals surface area contributed by atoms with E-state index in [1.54, 1.807) is 16.6 Å². The topological polar surface area (TPSA) is 93.4 Å². The number of nitrogens with one attached hydrogen (secondary N) is 2. The Labute approximate surface area is 192 Å². The molecule has 0 atom stereocenters. The minimum absolute atomic E-state index is 0.154. The van der Waals surface area contributed by atoms with Gasteiger partial charge in [-0.3, -0.25) is 10.1 Å². The molecule has 0 saturated heterocycles. The number of hydrogen-bond donors (Lipinski definition) is 2. The van der Waals surface area contributed by atoms with E-state index < -0.39 is 5.91 Å². The number of amides is 1. The van der Waals surface area contributed by atoms with Crippen molar-refractivity contribution in [3.8, 4) is 16.3 Å². The Morgan fingerprint density at radius 3 is 2.74 bits per heavy atom. The highest BCUT2D eigenvalue weighted by atomic mass is 35.5. The number of carbonyl (C=O) groups is 1. The number of methoxy groups -OCH3 is 1. The molecule has 4 rings (SSSR count). The van der Waals surface area contributed by atoms with Crippen molar-refractivity contribution in [2.45, 2.75) is 13.8 Å². The van der Waals surface area contributed by atoms with E-state index in [4.69, 9.17) is 28.6 Å². The van der Waals surface area contributed by atoms with Gasteiger partial charge in [-0.25, -0.2) is 0 Å². The van der Waals surface area contributed by atoms with E-state index in [1.807, 2.05) is 32.0 Å². The molecule has 0 spiro atoms. The fourth-order valence-electron chi connectivity index (χ4n) is 2.90. The molecule has 0 saturated carbocycles. The van der Waals surface area contributed by atoms with Gasteiger partial charge in [-0.15, -0.1) is 10.2 Å². The van der Waals surface area contributed by atoms with Crippen LogP contribution in [0.5, 0.6) is 5.75 Å². The van der Waals surface area contributed by atoms with Gasteiger partial charge in [0.05, 0.1) is 12.7 Å². The lowest BCUT2D eigenvalue weighted by molar-refractivity contribution is 0.0975. The number of carbonyl (C=O) groups excluding carboxylic acids is 1. The van der Waals surface area contributed by atoms with Gasteiger partial charge in [-0.2, -0.15) is 9.61 Å². The predicted molar refractivity (Wildman–Crippen MR) is 125 cm³/mol. The van der Waals surface area contributed by atoms with Crippen LogP contribution in [-0.4, -0.2) is 37.9 Å². The number of hydrogen-bond acceptors (Lipinski definition) is 7. The number of anilines is 1. The Balaban J connectivity index is 1.53. The summed E-state index contributed by atoms with van der Waals surface area (Å²) < 4.78 is 6.94. The average molecular weight is 473 g/mol. The fourth-order valence-corrected chi connectivity index (χ4v) is 4.16. The first kappa shape index (κ1) is 21.2. The van der Waals surface area contributed by atoms with E-state index in [-0.39, 0.29) is 5.11 Å². The van der Waals surface area contributed by atoms with E-state index in [0.717, 1.165) is 32.6 Å². The number of nitrogens with zero attached hydrogens (tertiary/aromatic N) is 4. The highest BCUT2D eigenvalue weighted by Gasteiger charge is 2.16. The van der Waals surface area contributed by atoms with Crippen LogP contribution in [0.2, 0.25) is 5.02 Å². The molecule has 0 unspecified atom stereocenters. The quantitative estimate of drug-likeness (QED) is 0.428. The van der Waals surface area contributed by atoms with Gasteiger partial charge in [0.1, 0.15) is 10.8 Å². The fraction of sp³-hybridized carbons (Fsp3) is 0.150. The van der Waals surface area contributed by atoms with E-state index in [0.29, 0.717) is 16.3 Å². The molecule has 158 valence electrons. The molecule has 2 N–H and O–H groups in total. The van der Waals surface area contributed by atoms with Crippen molar-refractivity contribution in [1.29, 1.82) is 0 Å². The molecule has 1 amide bonds. The van der Waals surface area contributed by atoms with Crippen LogP contribution in [0.25, 0.3) is 15.5 Å². The van der Waals surface area contributed by atoms with Gasteiger partial charge in [0.25, 0.3) is 5.91 Å². The number of aryl methyl sites for hydroxylation is 2. The number of ether oxygens (including phenoxy) is 1. The predicted octanol–water partition coefficient (Wildman–Crippen LogP) is 4.26. The van der Waals surface area contributed by atoms with Crippen LogP contribution in [0.15, 0.2) is 36.4 Å². The lowest BCUT2D eigenvalue weighted by Gasteiger charge is -2.14. The first-order chi connectivity index (χ1) is 14.9. The Kier molecular flexibility index (Phi) is 5.86. The van der Waals surface area contributed by atoms with Crippen LogP contribution in [-0.2, 0) is 0 Å². The maximum Gasteiger partial charge on any atom is 0.261 e. The lowest BCUT2D eigenvalue weighted by atomic mass is 10.1. The molecule has 0 aliphatic carbocycles. The molecule has 0 bridgehead atoms. The zero-order valence-electron chi connectivity index (χ0n) is 16.8. The molecular formula is C20H17ClN6O2S2. The highest BCUT2D eigenvalue weighted by molar-refractivity contribution is 7.80. The summed E-state index contributed by atoms with van der Waals surface area (Å²) in [5.41, 5.74) is 2.90. The molecule has 0 radical (unpaired) electrons. The number of aromatic nitrogens is 4. The zero-order valence-corrected chi connectivity index (χ0v) is 19.2. The molecule has 0 fully saturated rings. The third-order valence-electron chi connectivity index (χ3n) is 4.51. The molecule has 0 aliphatic rings. The van der Waals surface area contributed by atoms with E-state index in [9.17, 15) is 4.79 Å². The summed E-state index contributed by atoms with van der Waals surface area (Å²) in [6, 6.07) is 10.7. The second kappa shape index (κ2) is 8.58. The summed E-state index contributed by atoms with van der Waals surface area (Å²) in [4.78, 5) is 13.4. The van der Waals surface area contributed by atoms with Gasteiger partial charge >= 0.3 is 0 Å². The summed E-state index contributed by atoms with van der Waals surface area (Å²) in [6.07, 6.45) is 0. The third-order valence-corrected chi connectivity index (χ3v) is 5.90. The number of halogens is 1. The molecule has 2 aromatic heterocycles. The summed E-state index contributed by atoms with van der Waals surface area (Å²) >= 11 is 12.8. The number of benzene rings is 2. The van der Waals surface area contributed by atoms with Crippen LogP contribution in [0.1, 0.15) is 21.7 Å². The molecule has 8 nitrogen and oxygen atoms in total. The van der Waals surface area contributed by atoms with Gasteiger partial charge in [-0.1, -0.05) is 35.1 Å². The van der Waals surface area contributed by atoms with Crippen molar-refractivity contribution in [3.05, 3.63) is 58.4 Å². The van der Waals surface area contributed by atoms with Crippen molar-refractivity contribution >= 4 is 56.8 Å². The molecule has 2 heterocycles. The Morgan fingerprint density at radius 1 is 1.19 bits per heavy atom. The summed E-state index contributed by atoms with van der Waals surface area (Å²) in [7, 11) is 1.48. The molecular weight excluding hydrogens is 456 g/mol. The number of rotatable bonds is 4. The van der Waals surface area contributed by atoms with Crippen molar-refractivity contribution in [1.82, 2.24) is 25.1 Å². The molecule has 4 aromatic rings. The van der Waals surface area contributed by atoms with Crippen LogP contribution in [0, 0.1) is 13.8 Å². The maximum absolute atomic E-state index is 12.7. The summed E-state index contributed by atoms with van der Waals surface area (Å²) in [6.45, 7) is 3.79. The van der Waals surface area contributed by atoms with Crippen LogP contribution in [0.3, 0.4) is 0 Å². The normalized spacial score (nSPS) is 10.8. The highest BCUT2D eigenvalue weighted by Crippen LogP contribution is 2.29. The molecule has 2 aromatic carbocycles. The Morgan fingerprint density at radius 2 is 2.00 bits per heavy atom. The Hall–Kier alpha value is -3.08. The molecule has 31 heavy (non-hydrogen) atoms. The largest absolute Gasteiger partial charge is 0.496 e. The standard InChI is InChI=1S/C20H17ClN6O2S2/c1-10-4-5-12(18-26-27-11(2)24-25-20(27)31-18)8-15(10)22-19(30)23-17(28)14-9-13(21)6-7-16(14)29-3/h4-9H,1-3H3,(H2,22,23,28,30). The Bertz CT molecular complexity index is 1320. The summed E-state index contributed by atoms with van der Waals surface area (Å²) in [5, 5.41) is 19.8. The van der Waals surface area contributed by atoms with Crippen molar-refractivity contribution in [2.75, 3.05) is 12.4 Å². The zero-order chi connectivity index (χ0) is 22.1. The summed E-state index contributed by atoms with van der Waals surface area (Å²) in [5.74, 6) is 0.708. The third kappa shape index (κ3) is 4.36. The van der Waals surface area contributed by atoms with Gasteiger partial charge in [0.2, 0.25) is 4.96 Å². The van der Waals surface area contributed by atoms with Crippen molar-refractivity contribution in [3.63, 3.8) is 0 Å². The first-order valence-electron chi connectivity index (χ1n) is 9.11. The van der Waals surface area contributed by atoms with Crippen LogP contribution < -0.4 is 15.4 Å². The van der Waals surface area contributed by atoms with Crippen molar-refractivity contribution in [2.24, 2.45) is 0 Å². The number of thiocarbonyl (C=S) groups is 1. The maximum atomic E-state index is 12.7. The van der Waals surface area contributed by atoms with E-state index in [2.05, 4.69) is 25.9 Å². The van der Waals surface area contributed by atoms with E-state index in [1.165, 1.54) is 24.5 Å². The van der Waals surface area contributed by atoms with Crippen molar-refractivity contribution < 1.29 is 9.53 Å². The first-order valence-corrected chi connectivity index (χ1v) is 10.7. The van der Waals surface area contributed by atoms with Crippen LogP contribution >= 0.6 is 35.2 Å². The minimum Gasteiger partial charge on any atom is -0.496 e. The molecule has 11 heteroatoms. The van der Waals surface area contributed by atoms with E-state index >= 15 is 0 Å². The minimum atomic E-state index is -0.421. The van der Waals surface area contributed by atoms with Gasteiger partial charge < -0.3 is 10.1 Å². The lowest BCUT2D eigenvalue weighted by Crippen LogP contribution is -2.34. The monoisotopic (exact) mass is 472 g/mol.